The smallest absolute Gasteiger partial charge is 0.227 e. The van der Waals surface area contributed by atoms with Gasteiger partial charge in [-0.2, -0.15) is 9.97 Å². The lowest BCUT2D eigenvalue weighted by atomic mass is 10.1. The number of Topliss-reactive ketones (excluding diaryl/α,β-unsaturated/α-hetero) is 2. The van der Waals surface area contributed by atoms with Crippen LogP contribution in [0.15, 0.2) is 78.9 Å². The van der Waals surface area contributed by atoms with Crippen LogP contribution in [0.5, 0.6) is 0 Å². The SMILES string of the molecule is CC(=O)c1ccc(-c2nc(NCc3ccccc3)nc(-c3ccc(C(C)=O)cc3)n2)cc1. The number of benzene rings is 3. The number of carbonyl (C=O) groups excluding carboxylic acids is 2. The molecule has 0 aliphatic carbocycles. The van der Waals surface area contributed by atoms with Gasteiger partial charge in [-0.05, 0) is 19.4 Å². The average Bonchev–Trinajstić information content (AvgIpc) is 2.83. The van der Waals surface area contributed by atoms with E-state index in [1.54, 1.807) is 24.3 Å². The molecule has 0 bridgehead atoms. The zero-order valence-corrected chi connectivity index (χ0v) is 17.9. The van der Waals surface area contributed by atoms with Crippen molar-refractivity contribution in [1.29, 1.82) is 0 Å². The average molecular weight is 422 g/mol. The molecular weight excluding hydrogens is 400 g/mol. The maximum Gasteiger partial charge on any atom is 0.227 e. The van der Waals surface area contributed by atoms with Gasteiger partial charge >= 0.3 is 0 Å². The second kappa shape index (κ2) is 9.31. The van der Waals surface area contributed by atoms with Crippen LogP contribution in [-0.4, -0.2) is 26.5 Å². The molecule has 32 heavy (non-hydrogen) atoms. The highest BCUT2D eigenvalue weighted by molar-refractivity contribution is 5.95. The van der Waals surface area contributed by atoms with Crippen LogP contribution in [0, 0.1) is 0 Å². The monoisotopic (exact) mass is 422 g/mol. The standard InChI is InChI=1S/C26H22N4O2/c1-17(31)20-8-12-22(13-9-20)24-28-25(23-14-10-21(11-15-23)18(2)32)30-26(29-24)27-16-19-6-4-3-5-7-19/h3-15H,16H2,1-2H3,(H,27,28,29,30). The maximum absolute atomic E-state index is 11.6. The molecule has 0 unspecified atom stereocenters. The van der Waals surface area contributed by atoms with Crippen molar-refractivity contribution >= 4 is 17.5 Å². The number of rotatable bonds is 7. The fraction of sp³-hybridized carbons (Fsp3) is 0.115. The lowest BCUT2D eigenvalue weighted by molar-refractivity contribution is 0.100. The second-order valence-electron chi connectivity index (χ2n) is 7.41. The third-order valence-electron chi connectivity index (χ3n) is 5.03. The minimum atomic E-state index is 0.00339. The Labute approximate surface area is 186 Å². The summed E-state index contributed by atoms with van der Waals surface area (Å²) in [6.45, 7) is 3.63. The van der Waals surface area contributed by atoms with Crippen molar-refractivity contribution in [1.82, 2.24) is 15.0 Å². The van der Waals surface area contributed by atoms with Crippen LogP contribution >= 0.6 is 0 Å². The van der Waals surface area contributed by atoms with Crippen LogP contribution in [0.4, 0.5) is 5.95 Å². The Morgan fingerprint density at radius 2 is 1.12 bits per heavy atom. The van der Waals surface area contributed by atoms with Gasteiger partial charge in [0.05, 0.1) is 0 Å². The lowest BCUT2D eigenvalue weighted by Crippen LogP contribution is -2.07. The summed E-state index contributed by atoms with van der Waals surface area (Å²) < 4.78 is 0. The number of aromatic nitrogens is 3. The molecule has 0 atom stereocenters. The zero-order valence-electron chi connectivity index (χ0n) is 17.9. The van der Waals surface area contributed by atoms with Gasteiger partial charge in [-0.25, -0.2) is 4.98 Å². The topological polar surface area (TPSA) is 84.8 Å². The number of anilines is 1. The van der Waals surface area contributed by atoms with E-state index in [9.17, 15) is 9.59 Å². The normalized spacial score (nSPS) is 10.6. The van der Waals surface area contributed by atoms with Crippen molar-refractivity contribution in [2.45, 2.75) is 20.4 Å². The molecule has 6 heteroatoms. The van der Waals surface area contributed by atoms with Crippen molar-refractivity contribution in [3.8, 4) is 22.8 Å². The Hall–Kier alpha value is -4.19. The first-order chi connectivity index (χ1) is 15.5. The lowest BCUT2D eigenvalue weighted by Gasteiger charge is -2.10. The van der Waals surface area contributed by atoms with E-state index in [1.165, 1.54) is 13.8 Å². The van der Waals surface area contributed by atoms with E-state index in [-0.39, 0.29) is 11.6 Å². The van der Waals surface area contributed by atoms with E-state index in [0.29, 0.717) is 35.3 Å². The fourth-order valence-electron chi connectivity index (χ4n) is 3.20. The molecule has 3 aromatic carbocycles. The minimum Gasteiger partial charge on any atom is -0.350 e. The summed E-state index contributed by atoms with van der Waals surface area (Å²) >= 11 is 0. The Bertz CT molecular complexity index is 1180. The molecule has 1 aromatic heterocycles. The molecule has 1 N–H and O–H groups in total. The first kappa shape index (κ1) is 21.1. The minimum absolute atomic E-state index is 0.00339. The van der Waals surface area contributed by atoms with Crippen LogP contribution in [0.3, 0.4) is 0 Å². The van der Waals surface area contributed by atoms with Gasteiger partial charge < -0.3 is 5.32 Å². The third-order valence-corrected chi connectivity index (χ3v) is 5.03. The molecule has 0 radical (unpaired) electrons. The van der Waals surface area contributed by atoms with Gasteiger partial charge in [0.1, 0.15) is 0 Å². The summed E-state index contributed by atoms with van der Waals surface area (Å²) in [5.74, 6) is 1.44. The van der Waals surface area contributed by atoms with Crippen molar-refractivity contribution in [3.05, 3.63) is 95.6 Å². The molecule has 0 aliphatic rings. The Kier molecular flexibility index (Phi) is 6.12. The van der Waals surface area contributed by atoms with Crippen molar-refractivity contribution in [3.63, 3.8) is 0 Å². The number of nitrogens with one attached hydrogen (secondary N) is 1. The van der Waals surface area contributed by atoms with Gasteiger partial charge in [0.2, 0.25) is 5.95 Å². The highest BCUT2D eigenvalue weighted by Crippen LogP contribution is 2.23. The van der Waals surface area contributed by atoms with Gasteiger partial charge in [-0.15, -0.1) is 0 Å². The molecule has 0 spiro atoms. The van der Waals surface area contributed by atoms with Crippen LogP contribution < -0.4 is 5.32 Å². The molecule has 4 aromatic rings. The number of nitrogens with zero attached hydrogens (tertiary/aromatic N) is 3. The Balaban J connectivity index is 1.71. The van der Waals surface area contributed by atoms with Crippen LogP contribution in [-0.2, 0) is 6.54 Å². The first-order valence-corrected chi connectivity index (χ1v) is 10.3. The number of ketones is 2. The van der Waals surface area contributed by atoms with Crippen molar-refractivity contribution in [2.24, 2.45) is 0 Å². The molecule has 6 nitrogen and oxygen atoms in total. The Morgan fingerprint density at radius 3 is 1.56 bits per heavy atom. The van der Waals surface area contributed by atoms with E-state index < -0.39 is 0 Å². The molecule has 0 amide bonds. The fourth-order valence-corrected chi connectivity index (χ4v) is 3.20. The third kappa shape index (κ3) is 4.92. The second-order valence-corrected chi connectivity index (χ2v) is 7.41. The quantitative estimate of drug-likeness (QED) is 0.411. The van der Waals surface area contributed by atoms with E-state index in [4.69, 9.17) is 0 Å². The molecular formula is C26H22N4O2. The summed E-state index contributed by atoms with van der Waals surface area (Å²) in [5.41, 5.74) is 3.92. The van der Waals surface area contributed by atoms with E-state index in [0.717, 1.165) is 16.7 Å². The highest BCUT2D eigenvalue weighted by atomic mass is 16.1. The Morgan fingerprint density at radius 1 is 0.656 bits per heavy atom. The number of hydrogen-bond acceptors (Lipinski definition) is 6. The van der Waals surface area contributed by atoms with Gasteiger partial charge in [-0.1, -0.05) is 78.9 Å². The van der Waals surface area contributed by atoms with E-state index in [2.05, 4.69) is 20.3 Å². The molecule has 4 rings (SSSR count). The molecule has 1 heterocycles. The summed E-state index contributed by atoms with van der Waals surface area (Å²) in [7, 11) is 0. The highest BCUT2D eigenvalue weighted by Gasteiger charge is 2.12. The summed E-state index contributed by atoms with van der Waals surface area (Å²) in [5, 5.41) is 3.27. The molecule has 0 aliphatic heterocycles. The van der Waals surface area contributed by atoms with Gasteiger partial charge in [-0.3, -0.25) is 9.59 Å². The zero-order chi connectivity index (χ0) is 22.5. The van der Waals surface area contributed by atoms with Crippen LogP contribution in [0.2, 0.25) is 0 Å². The largest absolute Gasteiger partial charge is 0.350 e. The number of carbonyl (C=O) groups is 2. The van der Waals surface area contributed by atoms with Gasteiger partial charge in [0, 0.05) is 28.8 Å². The summed E-state index contributed by atoms with van der Waals surface area (Å²) in [4.78, 5) is 37.0. The summed E-state index contributed by atoms with van der Waals surface area (Å²) in [6, 6.07) is 24.4. The predicted octanol–water partition coefficient (Wildman–Crippen LogP) is 5.22. The van der Waals surface area contributed by atoms with Crippen molar-refractivity contribution < 1.29 is 9.59 Å². The molecule has 0 saturated carbocycles. The maximum atomic E-state index is 11.6. The summed E-state index contributed by atoms with van der Waals surface area (Å²) in [6.07, 6.45) is 0. The van der Waals surface area contributed by atoms with Gasteiger partial charge in [0.15, 0.2) is 23.2 Å². The molecule has 0 saturated heterocycles. The predicted molar refractivity (Wildman–Crippen MR) is 124 cm³/mol. The molecule has 158 valence electrons. The first-order valence-electron chi connectivity index (χ1n) is 10.3. The van der Waals surface area contributed by atoms with Gasteiger partial charge in [0.25, 0.3) is 0 Å². The van der Waals surface area contributed by atoms with Crippen LogP contribution in [0.25, 0.3) is 22.8 Å². The van der Waals surface area contributed by atoms with Crippen molar-refractivity contribution in [2.75, 3.05) is 5.32 Å². The van der Waals surface area contributed by atoms with Crippen LogP contribution in [0.1, 0.15) is 40.1 Å². The molecule has 0 fully saturated rings. The number of hydrogen-bond donors (Lipinski definition) is 1. The van der Waals surface area contributed by atoms with E-state index >= 15 is 0 Å². The van der Waals surface area contributed by atoms with E-state index in [1.807, 2.05) is 54.6 Å².